The van der Waals surface area contributed by atoms with Crippen molar-refractivity contribution in [2.24, 2.45) is 0 Å². The van der Waals surface area contributed by atoms with Crippen LogP contribution >= 0.6 is 11.6 Å². The molecule has 0 fully saturated rings. The number of anilines is 2. The Bertz CT molecular complexity index is 973. The van der Waals surface area contributed by atoms with Gasteiger partial charge in [0.1, 0.15) is 5.82 Å². The standard InChI is InChI=1S/C21H18ClN3O3/c1-28-21(27)17-4-2-3-5-18(17)25-20(26)15-8-11-19(24-13-15)23-12-14-6-9-16(22)10-7-14/h2-11,13H,12H2,1H3,(H,23,24)(H,25,26). The van der Waals surface area contributed by atoms with Gasteiger partial charge in [-0.25, -0.2) is 9.78 Å². The Morgan fingerprint density at radius 2 is 1.79 bits per heavy atom. The van der Waals surface area contributed by atoms with Gasteiger partial charge in [0.15, 0.2) is 0 Å². The minimum atomic E-state index is -0.518. The van der Waals surface area contributed by atoms with Gasteiger partial charge in [0.05, 0.1) is 23.9 Å². The molecule has 28 heavy (non-hydrogen) atoms. The maximum atomic E-state index is 12.5. The predicted octanol–water partition coefficient (Wildman–Crippen LogP) is 4.39. The third-order valence-corrected chi connectivity index (χ3v) is 4.25. The third kappa shape index (κ3) is 4.86. The van der Waals surface area contributed by atoms with Gasteiger partial charge in [-0.3, -0.25) is 4.79 Å². The zero-order chi connectivity index (χ0) is 19.9. The van der Waals surface area contributed by atoms with Gasteiger partial charge in [-0.2, -0.15) is 0 Å². The van der Waals surface area contributed by atoms with Crippen LogP contribution in [-0.2, 0) is 11.3 Å². The molecule has 0 atom stereocenters. The van der Waals surface area contributed by atoms with E-state index in [4.69, 9.17) is 16.3 Å². The summed E-state index contributed by atoms with van der Waals surface area (Å²) in [6.07, 6.45) is 1.47. The second-order valence-corrected chi connectivity index (χ2v) is 6.34. The van der Waals surface area contributed by atoms with Crippen LogP contribution in [0.3, 0.4) is 0 Å². The van der Waals surface area contributed by atoms with E-state index in [2.05, 4.69) is 15.6 Å². The lowest BCUT2D eigenvalue weighted by Crippen LogP contribution is -2.15. The number of aromatic nitrogens is 1. The molecule has 142 valence electrons. The number of nitrogens with zero attached hydrogens (tertiary/aromatic N) is 1. The van der Waals surface area contributed by atoms with Crippen molar-refractivity contribution in [2.45, 2.75) is 6.54 Å². The molecule has 0 unspecified atom stereocenters. The summed E-state index contributed by atoms with van der Waals surface area (Å²) in [5.74, 6) is -0.245. The molecule has 0 saturated heterocycles. The van der Waals surface area contributed by atoms with Crippen molar-refractivity contribution < 1.29 is 14.3 Å². The first kappa shape index (κ1) is 19.4. The van der Waals surface area contributed by atoms with Crippen molar-refractivity contribution in [1.82, 2.24) is 4.98 Å². The van der Waals surface area contributed by atoms with Crippen molar-refractivity contribution in [3.8, 4) is 0 Å². The van der Waals surface area contributed by atoms with Crippen LogP contribution in [0, 0.1) is 0 Å². The topological polar surface area (TPSA) is 80.3 Å². The average Bonchev–Trinajstić information content (AvgIpc) is 2.73. The number of carbonyl (C=O) groups excluding carboxylic acids is 2. The molecule has 3 aromatic rings. The van der Waals surface area contributed by atoms with Gasteiger partial charge in [0.2, 0.25) is 0 Å². The van der Waals surface area contributed by atoms with Crippen LogP contribution in [0.4, 0.5) is 11.5 Å². The van der Waals surface area contributed by atoms with Gasteiger partial charge in [0.25, 0.3) is 5.91 Å². The number of carbonyl (C=O) groups is 2. The molecule has 0 bridgehead atoms. The van der Waals surface area contributed by atoms with Crippen LogP contribution in [0.25, 0.3) is 0 Å². The lowest BCUT2D eigenvalue weighted by molar-refractivity contribution is 0.0602. The Hall–Kier alpha value is -3.38. The van der Waals surface area contributed by atoms with E-state index in [1.807, 2.05) is 24.3 Å². The second-order valence-electron chi connectivity index (χ2n) is 5.90. The molecule has 3 rings (SSSR count). The Kier molecular flexibility index (Phi) is 6.24. The number of pyridine rings is 1. The summed E-state index contributed by atoms with van der Waals surface area (Å²) in [6, 6.07) is 17.5. The highest BCUT2D eigenvalue weighted by molar-refractivity contribution is 6.30. The molecule has 6 nitrogen and oxygen atoms in total. The van der Waals surface area contributed by atoms with Crippen LogP contribution in [-0.4, -0.2) is 24.0 Å². The number of para-hydroxylation sites is 1. The number of nitrogens with one attached hydrogen (secondary N) is 2. The van der Waals surface area contributed by atoms with Crippen molar-refractivity contribution in [2.75, 3.05) is 17.7 Å². The Balaban J connectivity index is 1.64. The molecule has 1 amide bonds. The van der Waals surface area contributed by atoms with Gasteiger partial charge in [-0.1, -0.05) is 35.9 Å². The highest BCUT2D eigenvalue weighted by atomic mass is 35.5. The van der Waals surface area contributed by atoms with Crippen LogP contribution < -0.4 is 10.6 Å². The largest absolute Gasteiger partial charge is 0.465 e. The highest BCUT2D eigenvalue weighted by Gasteiger charge is 2.14. The predicted molar refractivity (Wildman–Crippen MR) is 109 cm³/mol. The van der Waals surface area contributed by atoms with Crippen LogP contribution in [0.5, 0.6) is 0 Å². The van der Waals surface area contributed by atoms with E-state index in [0.717, 1.165) is 5.56 Å². The molecule has 2 N–H and O–H groups in total. The van der Waals surface area contributed by atoms with Gasteiger partial charge < -0.3 is 15.4 Å². The number of halogens is 1. The SMILES string of the molecule is COC(=O)c1ccccc1NC(=O)c1ccc(NCc2ccc(Cl)cc2)nc1. The van der Waals surface area contributed by atoms with Crippen molar-refractivity contribution in [1.29, 1.82) is 0 Å². The van der Waals surface area contributed by atoms with Gasteiger partial charge in [-0.15, -0.1) is 0 Å². The van der Waals surface area contributed by atoms with E-state index < -0.39 is 5.97 Å². The van der Waals surface area contributed by atoms with Crippen LogP contribution in [0.15, 0.2) is 66.9 Å². The first-order valence-electron chi connectivity index (χ1n) is 8.50. The van der Waals surface area contributed by atoms with E-state index in [1.165, 1.54) is 13.3 Å². The lowest BCUT2D eigenvalue weighted by atomic mass is 10.1. The zero-order valence-electron chi connectivity index (χ0n) is 15.1. The summed E-state index contributed by atoms with van der Waals surface area (Å²) in [5.41, 5.74) is 2.10. The Morgan fingerprint density at radius 1 is 1.04 bits per heavy atom. The maximum Gasteiger partial charge on any atom is 0.339 e. The zero-order valence-corrected chi connectivity index (χ0v) is 15.9. The summed E-state index contributed by atoms with van der Waals surface area (Å²) < 4.78 is 4.73. The molecule has 0 aliphatic heterocycles. The number of methoxy groups -OCH3 is 1. The number of benzene rings is 2. The van der Waals surface area contributed by atoms with E-state index in [9.17, 15) is 9.59 Å². The Labute approximate surface area is 167 Å². The third-order valence-electron chi connectivity index (χ3n) is 3.99. The van der Waals surface area contributed by atoms with Gasteiger partial charge in [-0.05, 0) is 42.0 Å². The molecular weight excluding hydrogens is 378 g/mol. The molecule has 0 saturated carbocycles. The molecule has 2 aromatic carbocycles. The molecule has 7 heteroatoms. The number of ether oxygens (including phenoxy) is 1. The number of rotatable bonds is 6. The van der Waals surface area contributed by atoms with E-state index >= 15 is 0 Å². The molecule has 0 radical (unpaired) electrons. The second kappa shape index (κ2) is 9.01. The fourth-order valence-corrected chi connectivity index (χ4v) is 2.63. The van der Waals surface area contributed by atoms with Crippen molar-refractivity contribution in [3.63, 3.8) is 0 Å². The van der Waals surface area contributed by atoms with Crippen LogP contribution in [0.2, 0.25) is 5.02 Å². The number of esters is 1. The lowest BCUT2D eigenvalue weighted by Gasteiger charge is -2.10. The number of amides is 1. The van der Waals surface area contributed by atoms with E-state index in [-0.39, 0.29) is 11.5 Å². The summed E-state index contributed by atoms with van der Waals surface area (Å²) in [4.78, 5) is 28.5. The highest BCUT2D eigenvalue weighted by Crippen LogP contribution is 2.18. The fourth-order valence-electron chi connectivity index (χ4n) is 2.50. The number of hydrogen-bond donors (Lipinski definition) is 2. The quantitative estimate of drug-likeness (QED) is 0.605. The first-order chi connectivity index (χ1) is 13.6. The average molecular weight is 396 g/mol. The van der Waals surface area contributed by atoms with Crippen LogP contribution in [0.1, 0.15) is 26.3 Å². The molecule has 1 heterocycles. The molecule has 0 aliphatic carbocycles. The van der Waals surface area contributed by atoms with E-state index in [1.54, 1.807) is 36.4 Å². The first-order valence-corrected chi connectivity index (χ1v) is 8.87. The molecular formula is C21H18ClN3O3. The fraction of sp³-hybridized carbons (Fsp3) is 0.0952. The minimum absolute atomic E-state index is 0.285. The van der Waals surface area contributed by atoms with Gasteiger partial charge in [0, 0.05) is 17.8 Å². The summed E-state index contributed by atoms with van der Waals surface area (Å²) >= 11 is 5.87. The molecule has 0 aliphatic rings. The molecule has 1 aromatic heterocycles. The summed E-state index contributed by atoms with van der Waals surface area (Å²) in [6.45, 7) is 0.586. The summed E-state index contributed by atoms with van der Waals surface area (Å²) in [5, 5.41) is 6.58. The van der Waals surface area contributed by atoms with E-state index in [0.29, 0.717) is 28.6 Å². The molecule has 0 spiro atoms. The maximum absolute atomic E-state index is 12.5. The monoisotopic (exact) mass is 395 g/mol. The number of hydrogen-bond acceptors (Lipinski definition) is 5. The van der Waals surface area contributed by atoms with Crippen molar-refractivity contribution in [3.05, 3.63) is 88.6 Å². The smallest absolute Gasteiger partial charge is 0.339 e. The van der Waals surface area contributed by atoms with Gasteiger partial charge >= 0.3 is 5.97 Å². The Morgan fingerprint density at radius 3 is 2.46 bits per heavy atom. The summed E-state index contributed by atoms with van der Waals surface area (Å²) in [7, 11) is 1.29. The van der Waals surface area contributed by atoms with Crippen molar-refractivity contribution >= 4 is 35.0 Å². The normalized spacial score (nSPS) is 10.2. The minimum Gasteiger partial charge on any atom is -0.465 e.